The van der Waals surface area contributed by atoms with Crippen molar-refractivity contribution in [3.63, 3.8) is 0 Å². The lowest BCUT2D eigenvalue weighted by atomic mass is 10.3. The lowest BCUT2D eigenvalue weighted by molar-refractivity contribution is 0.892. The van der Waals surface area contributed by atoms with Crippen LogP contribution in [0.4, 0.5) is 0 Å². The molecule has 0 aliphatic heterocycles. The van der Waals surface area contributed by atoms with Gasteiger partial charge in [0.05, 0.1) is 11.0 Å². The minimum atomic E-state index is 1.12. The van der Waals surface area contributed by atoms with Gasteiger partial charge in [0.15, 0.2) is 4.96 Å². The fourth-order valence-corrected chi connectivity index (χ4v) is 3.71. The van der Waals surface area contributed by atoms with E-state index >= 15 is 0 Å². The largest absolute Gasteiger partial charge is 0.287 e. The molecule has 0 fully saturated rings. The summed E-state index contributed by atoms with van der Waals surface area (Å²) in [5.41, 5.74) is 3.90. The van der Waals surface area contributed by atoms with Gasteiger partial charge in [-0.25, -0.2) is 4.98 Å². The molecule has 0 amide bonds. The van der Waals surface area contributed by atoms with Crippen molar-refractivity contribution in [3.05, 3.63) is 34.8 Å². The maximum Gasteiger partial charge on any atom is 0.195 e. The van der Waals surface area contributed by atoms with Gasteiger partial charge in [0, 0.05) is 10.6 Å². The summed E-state index contributed by atoms with van der Waals surface area (Å²) in [4.78, 5) is 7.37. The van der Waals surface area contributed by atoms with E-state index in [4.69, 9.17) is 0 Å². The first-order valence-corrected chi connectivity index (χ1v) is 6.13. The van der Waals surface area contributed by atoms with Crippen LogP contribution in [0, 0.1) is 0 Å². The standard InChI is InChI=1S/C12H10N2S/c1-2-5-9-8(4-1)13-12-14(9)10-6-3-7-11(10)15-12/h1-2,4-5H,3,6-7H2. The van der Waals surface area contributed by atoms with Gasteiger partial charge < -0.3 is 0 Å². The molecule has 1 aliphatic carbocycles. The Balaban J connectivity index is 2.26. The SMILES string of the molecule is c1ccc2c(c1)nc1sc3c(n12)CCC3. The van der Waals surface area contributed by atoms with E-state index in [9.17, 15) is 0 Å². The molecule has 0 radical (unpaired) electrons. The number of para-hydroxylation sites is 2. The molecule has 3 heteroatoms. The Morgan fingerprint density at radius 2 is 2.13 bits per heavy atom. The van der Waals surface area contributed by atoms with Crippen LogP contribution in [-0.2, 0) is 12.8 Å². The van der Waals surface area contributed by atoms with Crippen LogP contribution in [-0.4, -0.2) is 9.38 Å². The molecule has 2 nitrogen and oxygen atoms in total. The average molecular weight is 214 g/mol. The number of hydrogen-bond acceptors (Lipinski definition) is 2. The van der Waals surface area contributed by atoms with E-state index in [0.29, 0.717) is 0 Å². The highest BCUT2D eigenvalue weighted by molar-refractivity contribution is 7.17. The summed E-state index contributed by atoms with van der Waals surface area (Å²) in [5, 5.41) is 0. The Morgan fingerprint density at radius 1 is 1.20 bits per heavy atom. The maximum atomic E-state index is 4.66. The van der Waals surface area contributed by atoms with Crippen LogP contribution in [0.15, 0.2) is 24.3 Å². The molecule has 15 heavy (non-hydrogen) atoms. The molecule has 1 aliphatic rings. The van der Waals surface area contributed by atoms with Crippen LogP contribution in [0.25, 0.3) is 16.0 Å². The van der Waals surface area contributed by atoms with Gasteiger partial charge >= 0.3 is 0 Å². The first-order chi connectivity index (χ1) is 7.43. The lowest BCUT2D eigenvalue weighted by Crippen LogP contribution is -1.87. The van der Waals surface area contributed by atoms with Crippen LogP contribution >= 0.6 is 11.3 Å². The summed E-state index contributed by atoms with van der Waals surface area (Å²) in [6, 6.07) is 8.41. The third-order valence-electron chi connectivity index (χ3n) is 3.15. The molecule has 0 spiro atoms. The van der Waals surface area contributed by atoms with Crippen LogP contribution in [0.1, 0.15) is 17.0 Å². The Bertz CT molecular complexity index is 663. The Morgan fingerprint density at radius 3 is 3.13 bits per heavy atom. The van der Waals surface area contributed by atoms with Crippen molar-refractivity contribution < 1.29 is 0 Å². The summed E-state index contributed by atoms with van der Waals surface area (Å²) < 4.78 is 2.35. The molecule has 0 saturated heterocycles. The second-order valence-corrected chi connectivity index (χ2v) is 5.11. The van der Waals surface area contributed by atoms with Crippen molar-refractivity contribution in [2.24, 2.45) is 0 Å². The quantitative estimate of drug-likeness (QED) is 0.562. The highest BCUT2D eigenvalue weighted by Crippen LogP contribution is 2.33. The van der Waals surface area contributed by atoms with Gasteiger partial charge in [-0.15, -0.1) is 11.3 Å². The second-order valence-electron chi connectivity index (χ2n) is 4.04. The summed E-state index contributed by atoms with van der Waals surface area (Å²) in [5.74, 6) is 0. The molecule has 2 aromatic heterocycles. The van der Waals surface area contributed by atoms with Gasteiger partial charge in [0.2, 0.25) is 0 Å². The zero-order valence-electron chi connectivity index (χ0n) is 8.23. The van der Waals surface area contributed by atoms with E-state index in [1.54, 1.807) is 4.88 Å². The molecule has 2 heterocycles. The molecule has 0 N–H and O–H groups in total. The smallest absolute Gasteiger partial charge is 0.195 e. The van der Waals surface area contributed by atoms with Crippen molar-refractivity contribution in [2.45, 2.75) is 19.3 Å². The molecule has 0 atom stereocenters. The first kappa shape index (κ1) is 7.88. The highest BCUT2D eigenvalue weighted by Gasteiger charge is 2.19. The van der Waals surface area contributed by atoms with E-state index in [1.165, 1.54) is 35.4 Å². The second kappa shape index (κ2) is 2.61. The Kier molecular flexibility index (Phi) is 1.37. The summed E-state index contributed by atoms with van der Waals surface area (Å²) in [6.45, 7) is 0. The molecule has 1 aromatic carbocycles. The summed E-state index contributed by atoms with van der Waals surface area (Å²) in [7, 11) is 0. The summed E-state index contributed by atoms with van der Waals surface area (Å²) in [6.07, 6.45) is 3.77. The number of fused-ring (bicyclic) bond motifs is 5. The highest BCUT2D eigenvalue weighted by atomic mass is 32.1. The number of imidazole rings is 1. The van der Waals surface area contributed by atoms with Crippen molar-refractivity contribution >= 4 is 27.3 Å². The number of aromatic nitrogens is 2. The Hall–Kier alpha value is -1.35. The minimum absolute atomic E-state index is 1.12. The fraction of sp³-hybridized carbons (Fsp3) is 0.250. The number of rotatable bonds is 0. The zero-order chi connectivity index (χ0) is 9.83. The van der Waals surface area contributed by atoms with Gasteiger partial charge in [0.25, 0.3) is 0 Å². The van der Waals surface area contributed by atoms with Crippen LogP contribution in [0.5, 0.6) is 0 Å². The molecule has 0 bridgehead atoms. The minimum Gasteiger partial charge on any atom is -0.287 e. The maximum absolute atomic E-state index is 4.66. The molecule has 74 valence electrons. The summed E-state index contributed by atoms with van der Waals surface area (Å²) >= 11 is 1.86. The third-order valence-corrected chi connectivity index (χ3v) is 4.30. The van der Waals surface area contributed by atoms with Crippen LogP contribution in [0.3, 0.4) is 0 Å². The predicted molar refractivity (Wildman–Crippen MR) is 62.6 cm³/mol. The normalized spacial score (nSPS) is 15.2. The zero-order valence-corrected chi connectivity index (χ0v) is 9.05. The van der Waals surface area contributed by atoms with Crippen LogP contribution in [0.2, 0.25) is 0 Å². The van der Waals surface area contributed by atoms with Gasteiger partial charge in [-0.1, -0.05) is 12.1 Å². The topological polar surface area (TPSA) is 17.3 Å². The fourth-order valence-electron chi connectivity index (χ4n) is 2.49. The predicted octanol–water partition coefficient (Wildman–Crippen LogP) is 3.04. The van der Waals surface area contributed by atoms with Gasteiger partial charge in [-0.2, -0.15) is 0 Å². The third kappa shape index (κ3) is 0.913. The number of hydrogen-bond donors (Lipinski definition) is 0. The molecular weight excluding hydrogens is 204 g/mol. The van der Waals surface area contributed by atoms with E-state index in [2.05, 4.69) is 33.7 Å². The number of nitrogens with zero attached hydrogens (tertiary/aromatic N) is 2. The lowest BCUT2D eigenvalue weighted by Gasteiger charge is -1.94. The molecule has 0 saturated carbocycles. The number of thiazole rings is 1. The number of aryl methyl sites for hydroxylation is 2. The van der Waals surface area contributed by atoms with Gasteiger partial charge in [-0.05, 0) is 31.4 Å². The van der Waals surface area contributed by atoms with Gasteiger partial charge in [0.1, 0.15) is 0 Å². The molecule has 4 rings (SSSR count). The monoisotopic (exact) mass is 214 g/mol. The molecular formula is C12H10N2S. The van der Waals surface area contributed by atoms with Crippen molar-refractivity contribution in [1.29, 1.82) is 0 Å². The first-order valence-electron chi connectivity index (χ1n) is 5.31. The molecule has 0 unspecified atom stereocenters. The van der Waals surface area contributed by atoms with Crippen molar-refractivity contribution in [2.75, 3.05) is 0 Å². The van der Waals surface area contributed by atoms with E-state index in [1.807, 2.05) is 11.3 Å². The van der Waals surface area contributed by atoms with E-state index in [-0.39, 0.29) is 0 Å². The Labute approximate surface area is 91.2 Å². The number of benzene rings is 1. The van der Waals surface area contributed by atoms with Crippen molar-refractivity contribution in [1.82, 2.24) is 9.38 Å². The van der Waals surface area contributed by atoms with Crippen molar-refractivity contribution in [3.8, 4) is 0 Å². The average Bonchev–Trinajstić information content (AvgIpc) is 2.85. The van der Waals surface area contributed by atoms with Gasteiger partial charge in [-0.3, -0.25) is 4.40 Å². The van der Waals surface area contributed by atoms with E-state index < -0.39 is 0 Å². The molecule has 3 aromatic rings. The van der Waals surface area contributed by atoms with Crippen LogP contribution < -0.4 is 0 Å². The van der Waals surface area contributed by atoms with E-state index in [0.717, 1.165) is 5.52 Å².